The van der Waals surface area contributed by atoms with E-state index in [1.807, 2.05) is 24.3 Å². The summed E-state index contributed by atoms with van der Waals surface area (Å²) in [4.78, 5) is 22.4. The molecule has 0 aromatic heterocycles. The van der Waals surface area contributed by atoms with E-state index in [0.717, 1.165) is 9.13 Å². The van der Waals surface area contributed by atoms with Crippen molar-refractivity contribution in [2.75, 3.05) is 0 Å². The number of carboxylic acid groups (broad SMARTS) is 1. The topological polar surface area (TPSA) is 75.6 Å². The van der Waals surface area contributed by atoms with E-state index in [0.29, 0.717) is 26.9 Å². The van der Waals surface area contributed by atoms with Crippen molar-refractivity contribution in [1.29, 1.82) is 0 Å². The summed E-state index contributed by atoms with van der Waals surface area (Å²) in [7, 11) is 0. The highest BCUT2D eigenvalue weighted by molar-refractivity contribution is 14.1. The lowest BCUT2D eigenvalue weighted by molar-refractivity contribution is -0.134. The Hall–Kier alpha value is -1.39. The highest BCUT2D eigenvalue weighted by Crippen LogP contribution is 2.36. The number of rotatable bonds is 6. The largest absolute Gasteiger partial charge is 0.486 e. The van der Waals surface area contributed by atoms with Crippen molar-refractivity contribution in [3.8, 4) is 5.75 Å². The summed E-state index contributed by atoms with van der Waals surface area (Å²) in [5.74, 6) is -1.06. The molecule has 0 aliphatic carbocycles. The second kappa shape index (κ2) is 9.52. The Bertz CT molecular complexity index is 860. The molecule has 0 radical (unpaired) electrons. The molecule has 2 N–H and O–H groups in total. The van der Waals surface area contributed by atoms with Crippen LogP contribution in [0, 0.1) is 3.57 Å². The van der Waals surface area contributed by atoms with Crippen LogP contribution in [0.3, 0.4) is 0 Å². The molecule has 26 heavy (non-hydrogen) atoms. The van der Waals surface area contributed by atoms with Crippen molar-refractivity contribution in [3.05, 3.63) is 65.7 Å². The molecule has 2 rings (SSSR count). The second-order valence-electron chi connectivity index (χ2n) is 5.24. The Labute approximate surface area is 181 Å². The number of amides is 1. The van der Waals surface area contributed by atoms with Gasteiger partial charge in [0.2, 0.25) is 5.91 Å². The summed E-state index contributed by atoms with van der Waals surface area (Å²) in [6.45, 7) is 1.66. The smallest absolute Gasteiger partial charge is 0.352 e. The molecule has 5 nitrogen and oxygen atoms in total. The maximum absolute atomic E-state index is 11.2. The maximum Gasteiger partial charge on any atom is 0.352 e. The molecule has 1 amide bonds. The fraction of sp³-hybridized carbons (Fsp3) is 0.111. The van der Waals surface area contributed by atoms with Crippen molar-refractivity contribution in [3.63, 3.8) is 0 Å². The number of halogens is 3. The highest BCUT2D eigenvalue weighted by atomic mass is 127. The molecule has 0 unspecified atom stereocenters. The Morgan fingerprint density at radius 3 is 2.38 bits per heavy atom. The molecule has 0 atom stereocenters. The van der Waals surface area contributed by atoms with E-state index in [4.69, 9.17) is 4.74 Å². The predicted molar refractivity (Wildman–Crippen MR) is 115 cm³/mol. The Kier molecular flexibility index (Phi) is 7.66. The van der Waals surface area contributed by atoms with E-state index in [-0.39, 0.29) is 5.70 Å². The minimum absolute atomic E-state index is 0.205. The summed E-state index contributed by atoms with van der Waals surface area (Å²) in [6, 6.07) is 11.4. The van der Waals surface area contributed by atoms with Gasteiger partial charge >= 0.3 is 5.97 Å². The van der Waals surface area contributed by atoms with Gasteiger partial charge in [-0.3, -0.25) is 4.79 Å². The lowest BCUT2D eigenvalue weighted by atomic mass is 10.2. The fourth-order valence-electron chi connectivity index (χ4n) is 2.07. The zero-order chi connectivity index (χ0) is 19.3. The van der Waals surface area contributed by atoms with Crippen LogP contribution in [-0.4, -0.2) is 17.0 Å². The Morgan fingerprint density at radius 1 is 1.23 bits per heavy atom. The third-order valence-corrected chi connectivity index (χ3v) is 5.43. The highest BCUT2D eigenvalue weighted by Gasteiger charge is 2.13. The molecular formula is C18H14Br2INO4. The minimum atomic E-state index is -1.22. The standard InChI is InChI=1S/C18H14Br2INO4/c1-10(23)22-16(18(24)25)8-11-6-13(19)17(14(20)7-11)26-9-12-4-2-3-5-15(12)21/h2-8H,9H2,1H3,(H,22,23)(H,24,25). The van der Waals surface area contributed by atoms with Crippen molar-refractivity contribution in [2.24, 2.45) is 0 Å². The number of carbonyl (C=O) groups is 2. The van der Waals surface area contributed by atoms with E-state index in [1.165, 1.54) is 13.0 Å². The molecule has 0 aliphatic rings. The average Bonchev–Trinajstić information content (AvgIpc) is 2.54. The SMILES string of the molecule is CC(=O)NC(=Cc1cc(Br)c(OCc2ccccc2I)c(Br)c1)C(=O)O. The van der Waals surface area contributed by atoms with Crippen LogP contribution < -0.4 is 10.1 Å². The molecular weight excluding hydrogens is 581 g/mol. The van der Waals surface area contributed by atoms with Crippen LogP contribution in [0.4, 0.5) is 0 Å². The van der Waals surface area contributed by atoms with Crippen LogP contribution in [-0.2, 0) is 16.2 Å². The number of carbonyl (C=O) groups excluding carboxylic acids is 1. The molecule has 0 bridgehead atoms. The molecule has 0 spiro atoms. The van der Waals surface area contributed by atoms with Gasteiger partial charge in [0.25, 0.3) is 0 Å². The number of hydrogen-bond acceptors (Lipinski definition) is 3. The van der Waals surface area contributed by atoms with Crippen LogP contribution >= 0.6 is 54.5 Å². The lowest BCUT2D eigenvalue weighted by Crippen LogP contribution is -2.24. The predicted octanol–water partition coefficient (Wildman–Crippen LogP) is 4.96. The number of nitrogens with one attached hydrogen (secondary N) is 1. The van der Waals surface area contributed by atoms with E-state index in [2.05, 4.69) is 59.8 Å². The van der Waals surface area contributed by atoms with Gasteiger partial charge in [0, 0.05) is 16.1 Å². The van der Waals surface area contributed by atoms with Gasteiger partial charge in [0.15, 0.2) is 0 Å². The lowest BCUT2D eigenvalue weighted by Gasteiger charge is -2.13. The zero-order valence-corrected chi connectivity index (χ0v) is 18.9. The molecule has 0 saturated carbocycles. The molecule has 2 aromatic carbocycles. The van der Waals surface area contributed by atoms with Gasteiger partial charge < -0.3 is 15.2 Å². The van der Waals surface area contributed by atoms with Gasteiger partial charge in [0.05, 0.1) is 8.95 Å². The zero-order valence-electron chi connectivity index (χ0n) is 13.6. The molecule has 8 heteroatoms. The molecule has 0 heterocycles. The van der Waals surface area contributed by atoms with Crippen LogP contribution in [0.5, 0.6) is 5.75 Å². The van der Waals surface area contributed by atoms with Crippen molar-refractivity contribution < 1.29 is 19.4 Å². The first-order valence-electron chi connectivity index (χ1n) is 7.35. The van der Waals surface area contributed by atoms with Gasteiger partial charge in [-0.05, 0) is 84.3 Å². The van der Waals surface area contributed by atoms with Crippen LogP contribution in [0.15, 0.2) is 51.0 Å². The maximum atomic E-state index is 11.2. The third-order valence-electron chi connectivity index (χ3n) is 3.20. The summed E-state index contributed by atoms with van der Waals surface area (Å²) in [5.41, 5.74) is 1.45. The monoisotopic (exact) mass is 593 g/mol. The van der Waals surface area contributed by atoms with E-state index >= 15 is 0 Å². The van der Waals surface area contributed by atoms with Crippen LogP contribution in [0.1, 0.15) is 18.1 Å². The first-order chi connectivity index (χ1) is 12.3. The normalized spacial score (nSPS) is 11.2. The van der Waals surface area contributed by atoms with Crippen LogP contribution in [0.2, 0.25) is 0 Å². The Balaban J connectivity index is 2.26. The number of hydrogen-bond donors (Lipinski definition) is 2. The third kappa shape index (κ3) is 5.82. The second-order valence-corrected chi connectivity index (χ2v) is 8.11. The number of ether oxygens (including phenoxy) is 1. The number of benzene rings is 2. The average molecular weight is 595 g/mol. The molecule has 0 saturated heterocycles. The van der Waals surface area contributed by atoms with Crippen molar-refractivity contribution >= 4 is 72.4 Å². The molecule has 0 fully saturated rings. The van der Waals surface area contributed by atoms with E-state index in [9.17, 15) is 14.7 Å². The van der Waals surface area contributed by atoms with Crippen molar-refractivity contribution in [1.82, 2.24) is 5.32 Å². The first kappa shape index (κ1) is 20.9. The summed E-state index contributed by atoms with van der Waals surface area (Å²) in [6.07, 6.45) is 1.38. The van der Waals surface area contributed by atoms with Crippen molar-refractivity contribution in [2.45, 2.75) is 13.5 Å². The molecule has 136 valence electrons. The van der Waals surface area contributed by atoms with Gasteiger partial charge in [0.1, 0.15) is 18.1 Å². The first-order valence-corrected chi connectivity index (χ1v) is 10.0. The summed E-state index contributed by atoms with van der Waals surface area (Å²) < 4.78 is 8.34. The quantitative estimate of drug-likeness (QED) is 0.366. The van der Waals surface area contributed by atoms with Gasteiger partial charge in [-0.25, -0.2) is 4.79 Å². The van der Waals surface area contributed by atoms with Gasteiger partial charge in [-0.15, -0.1) is 0 Å². The van der Waals surface area contributed by atoms with Crippen LogP contribution in [0.25, 0.3) is 6.08 Å². The van der Waals surface area contributed by atoms with Gasteiger partial charge in [-0.2, -0.15) is 0 Å². The summed E-state index contributed by atoms with van der Waals surface area (Å²) in [5, 5.41) is 11.5. The van der Waals surface area contributed by atoms with E-state index < -0.39 is 11.9 Å². The molecule has 2 aromatic rings. The number of aliphatic carboxylic acids is 1. The van der Waals surface area contributed by atoms with E-state index in [1.54, 1.807) is 12.1 Å². The Morgan fingerprint density at radius 2 is 1.85 bits per heavy atom. The fourth-order valence-corrected chi connectivity index (χ4v) is 4.07. The number of carboxylic acids is 1. The van der Waals surface area contributed by atoms with Gasteiger partial charge in [-0.1, -0.05) is 18.2 Å². The summed E-state index contributed by atoms with van der Waals surface area (Å²) >= 11 is 9.15. The minimum Gasteiger partial charge on any atom is -0.486 e. The molecule has 0 aliphatic heterocycles.